The van der Waals surface area contributed by atoms with Crippen molar-refractivity contribution in [2.45, 2.75) is 623 Å². The highest BCUT2D eigenvalue weighted by Gasteiger charge is 2.04. The third-order valence-electron chi connectivity index (χ3n) is 24.7. The summed E-state index contributed by atoms with van der Waals surface area (Å²) in [5.41, 5.74) is 1.49. The summed E-state index contributed by atoms with van der Waals surface area (Å²) in [5.74, 6) is 0. The van der Waals surface area contributed by atoms with Gasteiger partial charge in [0.1, 0.15) is 0 Å². The van der Waals surface area contributed by atoms with Gasteiger partial charge in [0.25, 0.3) is 0 Å². The van der Waals surface area contributed by atoms with Crippen molar-refractivity contribution in [3.8, 4) is 0 Å². The van der Waals surface area contributed by atoms with Gasteiger partial charge in [0, 0.05) is 0 Å². The van der Waals surface area contributed by atoms with E-state index in [4.69, 9.17) is 0 Å². The molecule has 1 aliphatic rings. The largest absolute Gasteiger partial charge is 0.0843 e. The minimum absolute atomic E-state index is 1.27. The number of hydrogen-bond acceptors (Lipinski definition) is 0. The van der Waals surface area contributed by atoms with Gasteiger partial charge in [-0.15, -0.1) is 0 Å². The van der Waals surface area contributed by atoms with E-state index in [1.54, 1.807) is 0 Å². The Morgan fingerprint density at radius 3 is 0.287 bits per heavy atom. The standard InChI is InChI=1S/C101H198/c1-101-99-97-95-93-91-89-87-85-83-81-79-77-75-73-71-69-67-65-63-61-59-57-55-53-51-49-47-45-43-41-39-37-35-33-31-29-27-25-23-21-19-17-15-13-11-9-7-5-3-2-4-6-8-10-12-14-16-18-20-22-24-26-28-30-32-34-36-38-40-42-44-46-48-50-52-54-56-58-60-62-64-66-68-70-72-74-76-78-80-82-84-86-88-90-92-94-96-98-100-101/h97,99-100H,2-96,98H2,1H3/b99-97?,101-100+. The van der Waals surface area contributed by atoms with Gasteiger partial charge < -0.3 is 0 Å². The van der Waals surface area contributed by atoms with Crippen LogP contribution in [0.15, 0.2) is 23.8 Å². The summed E-state index contributed by atoms with van der Waals surface area (Å²) in [6.07, 6.45) is 150. The van der Waals surface area contributed by atoms with Crippen molar-refractivity contribution in [2.75, 3.05) is 0 Å². The second-order valence-corrected chi connectivity index (χ2v) is 35.2. The lowest BCUT2D eigenvalue weighted by Crippen LogP contribution is -1.85. The van der Waals surface area contributed by atoms with Crippen molar-refractivity contribution in [3.05, 3.63) is 23.8 Å². The SMILES string of the molecule is C/C1=C\CCCCCCCCCCCCCCCCCCCCCCCCCCCCCCCCCCCCCCCCCCCCCCCCCCCCCCCCCCCCCCCCCCCCCCCCCCCCCCCCCCCCCCCCCCCCCCCCC=C1. The van der Waals surface area contributed by atoms with Crippen LogP contribution in [-0.2, 0) is 0 Å². The lowest BCUT2D eigenvalue weighted by Gasteiger charge is -2.05. The van der Waals surface area contributed by atoms with Crippen LogP contribution in [0.1, 0.15) is 623 Å². The maximum Gasteiger partial charge on any atom is -0.0345 e. The van der Waals surface area contributed by atoms with Crippen LogP contribution >= 0.6 is 0 Å². The highest BCUT2D eigenvalue weighted by atomic mass is 14.1. The van der Waals surface area contributed by atoms with Gasteiger partial charge in [-0.25, -0.2) is 0 Å². The molecule has 0 fully saturated rings. The quantitative estimate of drug-likeness (QED) is 0.227. The van der Waals surface area contributed by atoms with Gasteiger partial charge in [-0.1, -0.05) is 615 Å². The average Bonchev–Trinajstić information content (AvgIpc) is 3.78. The van der Waals surface area contributed by atoms with Gasteiger partial charge >= 0.3 is 0 Å². The van der Waals surface area contributed by atoms with Gasteiger partial charge in [-0.3, -0.25) is 0 Å². The van der Waals surface area contributed by atoms with E-state index in [0.717, 1.165) is 0 Å². The maximum absolute atomic E-state index is 2.50. The minimum atomic E-state index is 1.27. The Morgan fingerprint density at radius 2 is 0.188 bits per heavy atom. The summed E-state index contributed by atoms with van der Waals surface area (Å²) in [4.78, 5) is 0. The molecule has 0 heteroatoms. The third kappa shape index (κ3) is 91.8. The van der Waals surface area contributed by atoms with Gasteiger partial charge in [0.2, 0.25) is 0 Å². The molecule has 0 saturated carbocycles. The normalized spacial score (nSPS) is 24.2. The molecule has 1 rings (SSSR count). The van der Waals surface area contributed by atoms with Crippen molar-refractivity contribution in [2.24, 2.45) is 0 Å². The van der Waals surface area contributed by atoms with Crippen LogP contribution < -0.4 is 0 Å². The third-order valence-corrected chi connectivity index (χ3v) is 24.7. The fourth-order valence-corrected chi connectivity index (χ4v) is 17.3. The second-order valence-electron chi connectivity index (χ2n) is 35.2. The van der Waals surface area contributed by atoms with Crippen molar-refractivity contribution in [1.29, 1.82) is 0 Å². The lowest BCUT2D eigenvalue weighted by atomic mass is 10.0. The molecule has 0 unspecified atom stereocenters. The fraction of sp³-hybridized carbons (Fsp3) is 0.960. The molecule has 0 amide bonds. The molecule has 0 nitrogen and oxygen atoms in total. The molecule has 0 bridgehead atoms. The molecule has 101 heavy (non-hydrogen) atoms. The van der Waals surface area contributed by atoms with Crippen LogP contribution in [0.3, 0.4) is 0 Å². The zero-order valence-electron chi connectivity index (χ0n) is 71.1. The van der Waals surface area contributed by atoms with Crippen LogP contribution in [0.5, 0.6) is 0 Å². The zero-order valence-corrected chi connectivity index (χ0v) is 71.1. The Hall–Kier alpha value is -0.520. The summed E-state index contributed by atoms with van der Waals surface area (Å²) in [6.45, 7) is 2.32. The maximum atomic E-state index is 2.50. The average molecular weight is 1410 g/mol. The van der Waals surface area contributed by atoms with Gasteiger partial charge in [-0.05, 0) is 32.6 Å². The lowest BCUT2D eigenvalue weighted by molar-refractivity contribution is 0.505. The van der Waals surface area contributed by atoms with E-state index in [0.29, 0.717) is 0 Å². The smallest absolute Gasteiger partial charge is 0.0345 e. The topological polar surface area (TPSA) is 0 Å². The van der Waals surface area contributed by atoms with E-state index in [1.165, 1.54) is 622 Å². The van der Waals surface area contributed by atoms with Crippen LogP contribution in [0.4, 0.5) is 0 Å². The number of rotatable bonds is 0. The molecule has 0 heterocycles. The van der Waals surface area contributed by atoms with E-state index in [-0.39, 0.29) is 0 Å². The first kappa shape index (κ1) is 98.5. The van der Waals surface area contributed by atoms with Gasteiger partial charge in [-0.2, -0.15) is 0 Å². The van der Waals surface area contributed by atoms with Crippen molar-refractivity contribution in [3.63, 3.8) is 0 Å². The predicted octanol–water partition coefficient (Wildman–Crippen LogP) is 39.0. The molecule has 0 aromatic rings. The highest BCUT2D eigenvalue weighted by molar-refractivity contribution is 5.15. The van der Waals surface area contributed by atoms with Gasteiger partial charge in [0.15, 0.2) is 0 Å². The van der Waals surface area contributed by atoms with Crippen LogP contribution in [-0.4, -0.2) is 0 Å². The van der Waals surface area contributed by atoms with E-state index < -0.39 is 0 Å². The van der Waals surface area contributed by atoms with Gasteiger partial charge in [0.05, 0.1) is 0 Å². The summed E-state index contributed by atoms with van der Waals surface area (Å²) < 4.78 is 0. The van der Waals surface area contributed by atoms with E-state index in [1.807, 2.05) is 0 Å². The summed E-state index contributed by atoms with van der Waals surface area (Å²) in [7, 11) is 0. The molecule has 1 aliphatic carbocycles. The fourth-order valence-electron chi connectivity index (χ4n) is 17.3. The molecule has 0 atom stereocenters. The number of allylic oxidation sites excluding steroid dienone is 4. The van der Waals surface area contributed by atoms with Crippen molar-refractivity contribution >= 4 is 0 Å². The monoisotopic (exact) mass is 1410 g/mol. The first-order valence-corrected chi connectivity index (χ1v) is 49.7. The summed E-state index contributed by atoms with van der Waals surface area (Å²) in [6, 6.07) is 0. The van der Waals surface area contributed by atoms with Crippen LogP contribution in [0, 0.1) is 0 Å². The Bertz CT molecular complexity index is 1470. The Labute approximate surface area is 643 Å². The first-order valence-electron chi connectivity index (χ1n) is 49.7. The molecular weight excluding hydrogens is 1210 g/mol. The Kier molecular flexibility index (Phi) is 91.4. The molecule has 0 aliphatic heterocycles. The molecule has 0 aromatic carbocycles. The van der Waals surface area contributed by atoms with Crippen LogP contribution in [0.2, 0.25) is 0 Å². The molecule has 0 N–H and O–H groups in total. The highest BCUT2D eigenvalue weighted by Crippen LogP contribution is 2.24. The van der Waals surface area contributed by atoms with Crippen molar-refractivity contribution in [1.82, 2.24) is 0 Å². The Balaban J connectivity index is 2.04. The number of hydrogen-bond donors (Lipinski definition) is 0. The van der Waals surface area contributed by atoms with E-state index >= 15 is 0 Å². The van der Waals surface area contributed by atoms with E-state index in [9.17, 15) is 0 Å². The molecular formula is C101H198. The van der Waals surface area contributed by atoms with E-state index in [2.05, 4.69) is 25.2 Å². The van der Waals surface area contributed by atoms with Crippen LogP contribution in [0.25, 0.3) is 0 Å². The first-order chi connectivity index (χ1) is 50.4. The summed E-state index contributed by atoms with van der Waals surface area (Å²) >= 11 is 0. The predicted molar refractivity (Wildman–Crippen MR) is 466 cm³/mol. The summed E-state index contributed by atoms with van der Waals surface area (Å²) in [5, 5.41) is 0. The minimum Gasteiger partial charge on any atom is -0.0843 e. The van der Waals surface area contributed by atoms with Crippen molar-refractivity contribution < 1.29 is 0 Å². The molecule has 0 spiro atoms. The molecule has 0 aromatic heterocycles. The molecule has 0 saturated heterocycles. The molecule has 0 radical (unpaired) electrons. The zero-order chi connectivity index (χ0) is 71.6. The Morgan fingerprint density at radius 1 is 0.109 bits per heavy atom. The molecule has 602 valence electrons. The second kappa shape index (κ2) is 93.7.